The van der Waals surface area contributed by atoms with Crippen LogP contribution in [0.5, 0.6) is 0 Å². The Morgan fingerprint density at radius 3 is 2.50 bits per heavy atom. The van der Waals surface area contributed by atoms with E-state index in [4.69, 9.17) is 4.74 Å². The Kier molecular flexibility index (Phi) is 4.21. The standard InChI is InChI=1S/C14H21NO4S/c16-12(7-9-1-2-9)15-11(14(17)18)8-20-13(15)10-3-5-19-6-4-10/h9-11,13H,1-8H2,(H,17,18). The van der Waals surface area contributed by atoms with E-state index in [1.54, 1.807) is 16.7 Å². The molecule has 5 nitrogen and oxygen atoms in total. The molecule has 0 bridgehead atoms. The smallest absolute Gasteiger partial charge is 0.327 e. The fourth-order valence-corrected chi connectivity index (χ4v) is 4.72. The first-order valence-corrected chi connectivity index (χ1v) is 8.45. The molecule has 20 heavy (non-hydrogen) atoms. The summed E-state index contributed by atoms with van der Waals surface area (Å²) in [4.78, 5) is 25.6. The zero-order valence-corrected chi connectivity index (χ0v) is 12.3. The first kappa shape index (κ1) is 14.2. The normalized spacial score (nSPS) is 31.5. The molecule has 0 radical (unpaired) electrons. The summed E-state index contributed by atoms with van der Waals surface area (Å²) in [5, 5.41) is 9.40. The summed E-state index contributed by atoms with van der Waals surface area (Å²) in [6.07, 6.45) is 4.62. The number of carbonyl (C=O) groups is 2. The SMILES string of the molecule is O=C(O)C1CSC(C2CCOCC2)N1C(=O)CC1CC1. The highest BCUT2D eigenvalue weighted by Crippen LogP contribution is 2.40. The van der Waals surface area contributed by atoms with Gasteiger partial charge in [-0.25, -0.2) is 4.79 Å². The lowest BCUT2D eigenvalue weighted by Gasteiger charge is -2.34. The van der Waals surface area contributed by atoms with Gasteiger partial charge < -0.3 is 14.7 Å². The molecular weight excluding hydrogens is 278 g/mol. The maximum Gasteiger partial charge on any atom is 0.327 e. The predicted octanol–water partition coefficient (Wildman–Crippen LogP) is 1.57. The molecule has 1 aliphatic carbocycles. The van der Waals surface area contributed by atoms with E-state index in [0.717, 1.165) is 38.9 Å². The van der Waals surface area contributed by atoms with Gasteiger partial charge in [-0.3, -0.25) is 4.79 Å². The fraction of sp³-hybridized carbons (Fsp3) is 0.857. The number of carboxylic acid groups (broad SMARTS) is 1. The van der Waals surface area contributed by atoms with Gasteiger partial charge in [-0.15, -0.1) is 11.8 Å². The van der Waals surface area contributed by atoms with E-state index in [2.05, 4.69) is 0 Å². The molecule has 3 rings (SSSR count). The van der Waals surface area contributed by atoms with Crippen molar-refractivity contribution in [2.45, 2.75) is 43.5 Å². The van der Waals surface area contributed by atoms with E-state index in [-0.39, 0.29) is 11.3 Å². The maximum atomic E-state index is 12.5. The van der Waals surface area contributed by atoms with Gasteiger partial charge in [0.05, 0.1) is 5.37 Å². The number of thioether (sulfide) groups is 1. The molecule has 3 aliphatic rings. The minimum absolute atomic E-state index is 0.0336. The molecule has 1 N–H and O–H groups in total. The Hall–Kier alpha value is -0.750. The number of aliphatic carboxylic acids is 1. The number of rotatable bonds is 4. The highest BCUT2D eigenvalue weighted by molar-refractivity contribution is 8.00. The van der Waals surface area contributed by atoms with Crippen LogP contribution in [0.3, 0.4) is 0 Å². The van der Waals surface area contributed by atoms with Gasteiger partial charge in [-0.05, 0) is 37.5 Å². The van der Waals surface area contributed by atoms with Crippen LogP contribution >= 0.6 is 11.8 Å². The van der Waals surface area contributed by atoms with Gasteiger partial charge in [-0.1, -0.05) is 0 Å². The monoisotopic (exact) mass is 299 g/mol. The molecule has 1 saturated carbocycles. The Morgan fingerprint density at radius 2 is 1.90 bits per heavy atom. The molecule has 0 aromatic rings. The third kappa shape index (κ3) is 2.96. The highest BCUT2D eigenvalue weighted by Gasteiger charge is 2.45. The van der Waals surface area contributed by atoms with Crippen LogP contribution in [0.25, 0.3) is 0 Å². The molecule has 112 valence electrons. The summed E-state index contributed by atoms with van der Waals surface area (Å²) in [6, 6.07) is -0.640. The zero-order valence-electron chi connectivity index (χ0n) is 11.5. The van der Waals surface area contributed by atoms with Crippen LogP contribution in [-0.4, -0.2) is 52.3 Å². The number of hydrogen-bond donors (Lipinski definition) is 1. The third-order valence-electron chi connectivity index (χ3n) is 4.44. The van der Waals surface area contributed by atoms with Gasteiger partial charge >= 0.3 is 5.97 Å². The van der Waals surface area contributed by atoms with E-state index < -0.39 is 12.0 Å². The van der Waals surface area contributed by atoms with Crippen molar-refractivity contribution in [2.75, 3.05) is 19.0 Å². The molecule has 1 amide bonds. The molecule has 6 heteroatoms. The van der Waals surface area contributed by atoms with Gasteiger partial charge in [0.25, 0.3) is 0 Å². The van der Waals surface area contributed by atoms with E-state index >= 15 is 0 Å². The van der Waals surface area contributed by atoms with Crippen LogP contribution in [0.4, 0.5) is 0 Å². The Balaban J connectivity index is 1.72. The number of carbonyl (C=O) groups excluding carboxylic acids is 1. The van der Waals surface area contributed by atoms with Crippen LogP contribution < -0.4 is 0 Å². The molecular formula is C14H21NO4S. The van der Waals surface area contributed by atoms with Crippen molar-refractivity contribution in [2.24, 2.45) is 11.8 Å². The average molecular weight is 299 g/mol. The Labute approximate surface area is 123 Å². The number of hydrogen-bond acceptors (Lipinski definition) is 4. The Morgan fingerprint density at radius 1 is 1.20 bits per heavy atom. The quantitative estimate of drug-likeness (QED) is 0.853. The van der Waals surface area contributed by atoms with E-state index in [9.17, 15) is 14.7 Å². The Bertz CT molecular complexity index is 393. The van der Waals surface area contributed by atoms with Crippen molar-refractivity contribution in [1.82, 2.24) is 4.90 Å². The van der Waals surface area contributed by atoms with E-state index in [1.807, 2.05) is 0 Å². The summed E-state index contributed by atoms with van der Waals surface area (Å²) in [5.74, 6) is 0.574. The van der Waals surface area contributed by atoms with Crippen LogP contribution in [-0.2, 0) is 14.3 Å². The van der Waals surface area contributed by atoms with Crippen LogP contribution in [0.2, 0.25) is 0 Å². The van der Waals surface area contributed by atoms with Crippen molar-refractivity contribution in [3.05, 3.63) is 0 Å². The molecule has 0 aromatic heterocycles. The van der Waals surface area contributed by atoms with Crippen LogP contribution in [0.1, 0.15) is 32.1 Å². The van der Waals surface area contributed by atoms with Crippen molar-refractivity contribution >= 4 is 23.6 Å². The molecule has 2 heterocycles. The number of nitrogens with zero attached hydrogens (tertiary/aromatic N) is 1. The average Bonchev–Trinajstić information content (AvgIpc) is 3.14. The van der Waals surface area contributed by atoms with Gasteiger partial charge in [0, 0.05) is 25.4 Å². The lowest BCUT2D eigenvalue weighted by Crippen LogP contribution is -2.48. The number of carboxylic acids is 1. The first-order valence-electron chi connectivity index (χ1n) is 7.40. The number of ether oxygens (including phenoxy) is 1. The van der Waals surface area contributed by atoms with Gasteiger partial charge in [0.1, 0.15) is 6.04 Å². The van der Waals surface area contributed by atoms with E-state index in [1.165, 1.54) is 0 Å². The maximum absolute atomic E-state index is 12.5. The lowest BCUT2D eigenvalue weighted by atomic mass is 9.98. The topological polar surface area (TPSA) is 66.8 Å². The second kappa shape index (κ2) is 5.93. The molecule has 2 atom stereocenters. The van der Waals surface area contributed by atoms with Crippen molar-refractivity contribution in [1.29, 1.82) is 0 Å². The summed E-state index contributed by atoms with van der Waals surface area (Å²) in [7, 11) is 0. The van der Waals surface area contributed by atoms with Crippen LogP contribution in [0, 0.1) is 11.8 Å². The summed E-state index contributed by atoms with van der Waals surface area (Å²) >= 11 is 1.64. The molecule has 2 unspecified atom stereocenters. The third-order valence-corrected chi connectivity index (χ3v) is 5.90. The molecule has 2 saturated heterocycles. The van der Waals surface area contributed by atoms with Crippen molar-refractivity contribution < 1.29 is 19.4 Å². The number of amides is 1. The molecule has 2 aliphatic heterocycles. The second-order valence-electron chi connectivity index (χ2n) is 5.98. The lowest BCUT2D eigenvalue weighted by molar-refractivity contribution is -0.150. The minimum atomic E-state index is -0.865. The summed E-state index contributed by atoms with van der Waals surface area (Å²) in [5.41, 5.74) is 0. The van der Waals surface area contributed by atoms with Crippen molar-refractivity contribution in [3.63, 3.8) is 0 Å². The second-order valence-corrected chi connectivity index (χ2v) is 7.13. The molecule has 0 aromatic carbocycles. The minimum Gasteiger partial charge on any atom is -0.480 e. The van der Waals surface area contributed by atoms with E-state index in [0.29, 0.717) is 24.0 Å². The largest absolute Gasteiger partial charge is 0.480 e. The highest BCUT2D eigenvalue weighted by atomic mass is 32.2. The van der Waals surface area contributed by atoms with Gasteiger partial charge in [0.2, 0.25) is 5.91 Å². The summed E-state index contributed by atoms with van der Waals surface area (Å²) in [6.45, 7) is 1.45. The molecule has 0 spiro atoms. The fourth-order valence-electron chi connectivity index (χ4n) is 3.07. The first-order chi connectivity index (χ1) is 9.66. The van der Waals surface area contributed by atoms with Gasteiger partial charge in [0.15, 0.2) is 0 Å². The molecule has 3 fully saturated rings. The predicted molar refractivity (Wildman–Crippen MR) is 75.4 cm³/mol. The zero-order chi connectivity index (χ0) is 14.1. The summed E-state index contributed by atoms with van der Waals surface area (Å²) < 4.78 is 5.37. The van der Waals surface area contributed by atoms with Crippen LogP contribution in [0.15, 0.2) is 0 Å². The van der Waals surface area contributed by atoms with Gasteiger partial charge in [-0.2, -0.15) is 0 Å². The van der Waals surface area contributed by atoms with Crippen molar-refractivity contribution in [3.8, 4) is 0 Å².